The predicted molar refractivity (Wildman–Crippen MR) is 113 cm³/mol. The number of amides is 1. The monoisotopic (exact) mass is 417 g/mol. The van der Waals surface area contributed by atoms with Crippen LogP contribution in [0.15, 0.2) is 24.3 Å². The summed E-state index contributed by atoms with van der Waals surface area (Å²) in [5.74, 6) is 1.69. The van der Waals surface area contributed by atoms with Crippen molar-refractivity contribution in [2.75, 3.05) is 40.9 Å². The number of rotatable bonds is 10. The highest BCUT2D eigenvalue weighted by Gasteiger charge is 2.22. The van der Waals surface area contributed by atoms with E-state index in [2.05, 4.69) is 5.32 Å². The van der Waals surface area contributed by atoms with E-state index in [1.54, 1.807) is 24.3 Å². The van der Waals surface area contributed by atoms with Crippen LogP contribution in [-0.4, -0.2) is 47.2 Å². The van der Waals surface area contributed by atoms with Gasteiger partial charge in [0, 0.05) is 13.3 Å². The zero-order valence-corrected chi connectivity index (χ0v) is 18.1. The van der Waals surface area contributed by atoms with E-state index < -0.39 is 0 Å². The first kappa shape index (κ1) is 22.9. The van der Waals surface area contributed by atoms with Crippen LogP contribution in [0.3, 0.4) is 0 Å². The van der Waals surface area contributed by atoms with Gasteiger partial charge in [0.1, 0.15) is 0 Å². The van der Waals surface area contributed by atoms with Crippen LogP contribution in [0.2, 0.25) is 0 Å². The van der Waals surface area contributed by atoms with Gasteiger partial charge in [-0.3, -0.25) is 9.59 Å². The Morgan fingerprint density at radius 2 is 1.37 bits per heavy atom. The molecule has 30 heavy (non-hydrogen) atoms. The molecule has 2 aromatic rings. The first-order chi connectivity index (χ1) is 14.4. The Morgan fingerprint density at radius 3 is 1.83 bits per heavy atom. The number of ketones is 1. The van der Waals surface area contributed by atoms with Crippen molar-refractivity contribution in [3.05, 3.63) is 35.4 Å². The average Bonchev–Trinajstić information content (AvgIpc) is 2.75. The van der Waals surface area contributed by atoms with Gasteiger partial charge in [0.2, 0.25) is 11.7 Å². The third-order valence-corrected chi connectivity index (χ3v) is 4.50. The highest BCUT2D eigenvalue weighted by Crippen LogP contribution is 2.40. The normalized spacial score (nSPS) is 10.2. The molecule has 0 aliphatic heterocycles. The fourth-order valence-electron chi connectivity index (χ4n) is 3.16. The number of aryl methyl sites for hydroxylation is 1. The van der Waals surface area contributed by atoms with Gasteiger partial charge in [-0.15, -0.1) is 0 Å². The summed E-state index contributed by atoms with van der Waals surface area (Å²) in [4.78, 5) is 24.7. The van der Waals surface area contributed by atoms with Crippen molar-refractivity contribution in [1.29, 1.82) is 0 Å². The lowest BCUT2D eigenvalue weighted by Gasteiger charge is -2.17. The summed E-state index contributed by atoms with van der Waals surface area (Å²) in [6.07, 6.45) is 0.574. The minimum atomic E-state index is -0.291. The molecule has 0 aliphatic carbocycles. The summed E-state index contributed by atoms with van der Waals surface area (Å²) in [6.45, 7) is 1.38. The van der Waals surface area contributed by atoms with Gasteiger partial charge in [-0.1, -0.05) is 0 Å². The molecule has 0 bridgehead atoms. The molecule has 0 aromatic heterocycles. The molecular weight excluding hydrogens is 390 g/mol. The lowest BCUT2D eigenvalue weighted by atomic mass is 9.99. The van der Waals surface area contributed by atoms with Gasteiger partial charge in [0.25, 0.3) is 0 Å². The molecule has 0 heterocycles. The van der Waals surface area contributed by atoms with Gasteiger partial charge in [-0.05, 0) is 36.2 Å². The van der Waals surface area contributed by atoms with Crippen molar-refractivity contribution >= 4 is 17.4 Å². The van der Waals surface area contributed by atoms with E-state index in [9.17, 15) is 9.59 Å². The second-order valence-corrected chi connectivity index (χ2v) is 6.36. The highest BCUT2D eigenvalue weighted by molar-refractivity contribution is 6.07. The van der Waals surface area contributed by atoms with Crippen molar-refractivity contribution < 1.29 is 33.3 Å². The molecule has 2 aromatic carbocycles. The Balaban J connectivity index is 2.37. The minimum Gasteiger partial charge on any atom is -0.493 e. The zero-order valence-electron chi connectivity index (χ0n) is 18.1. The van der Waals surface area contributed by atoms with E-state index in [-0.39, 0.29) is 29.4 Å². The maximum atomic E-state index is 13.1. The van der Waals surface area contributed by atoms with Gasteiger partial charge in [-0.25, -0.2) is 0 Å². The highest BCUT2D eigenvalue weighted by atomic mass is 16.5. The van der Waals surface area contributed by atoms with Crippen LogP contribution in [0.5, 0.6) is 28.7 Å². The molecule has 1 amide bonds. The van der Waals surface area contributed by atoms with Crippen LogP contribution in [0.1, 0.15) is 29.3 Å². The molecule has 0 radical (unpaired) electrons. The van der Waals surface area contributed by atoms with Crippen LogP contribution in [0.25, 0.3) is 0 Å². The van der Waals surface area contributed by atoms with E-state index in [1.165, 1.54) is 42.5 Å². The molecule has 1 N–H and O–H groups in total. The molecule has 0 aliphatic rings. The maximum absolute atomic E-state index is 13.1. The standard InChI is InChI=1S/C22H27NO7/c1-13(24)23-15-8-10-17(26-2)22(30-6)20(15)16(25)9-7-14-11-18(27-3)21(29-5)19(12-14)28-4/h8,10-12H,7,9H2,1-6H3,(H,23,24). The Labute approximate surface area is 176 Å². The number of benzene rings is 2. The molecule has 0 unspecified atom stereocenters. The summed E-state index contributed by atoms with van der Waals surface area (Å²) in [5.41, 5.74) is 1.47. The fourth-order valence-corrected chi connectivity index (χ4v) is 3.16. The number of ether oxygens (including phenoxy) is 5. The molecule has 162 valence electrons. The quantitative estimate of drug-likeness (QED) is 0.592. The van der Waals surface area contributed by atoms with Gasteiger partial charge in [-0.2, -0.15) is 0 Å². The Morgan fingerprint density at radius 1 is 0.800 bits per heavy atom. The first-order valence-electron chi connectivity index (χ1n) is 9.24. The third kappa shape index (κ3) is 4.94. The van der Waals surface area contributed by atoms with Gasteiger partial charge in [0.05, 0.1) is 46.8 Å². The summed E-state index contributed by atoms with van der Waals surface area (Å²) in [5, 5.41) is 2.68. The Kier molecular flexibility index (Phi) is 7.91. The molecule has 8 heteroatoms. The molecule has 0 saturated carbocycles. The van der Waals surface area contributed by atoms with Crippen molar-refractivity contribution in [3.8, 4) is 28.7 Å². The van der Waals surface area contributed by atoms with Crippen molar-refractivity contribution in [1.82, 2.24) is 0 Å². The third-order valence-electron chi connectivity index (χ3n) is 4.50. The summed E-state index contributed by atoms with van der Waals surface area (Å²) in [6, 6.07) is 6.86. The lowest BCUT2D eigenvalue weighted by molar-refractivity contribution is -0.114. The summed E-state index contributed by atoms with van der Waals surface area (Å²) in [7, 11) is 7.54. The topological polar surface area (TPSA) is 92.3 Å². The van der Waals surface area contributed by atoms with E-state index in [1.807, 2.05) is 0 Å². The molecular formula is C22H27NO7. The van der Waals surface area contributed by atoms with Crippen molar-refractivity contribution in [3.63, 3.8) is 0 Å². The van der Waals surface area contributed by atoms with Crippen LogP contribution < -0.4 is 29.0 Å². The van der Waals surface area contributed by atoms with E-state index >= 15 is 0 Å². The molecule has 0 fully saturated rings. The molecule has 0 saturated heterocycles. The molecule has 8 nitrogen and oxygen atoms in total. The van der Waals surface area contributed by atoms with E-state index in [4.69, 9.17) is 23.7 Å². The van der Waals surface area contributed by atoms with Crippen LogP contribution in [0.4, 0.5) is 5.69 Å². The van der Waals surface area contributed by atoms with Crippen molar-refractivity contribution in [2.24, 2.45) is 0 Å². The van der Waals surface area contributed by atoms with Gasteiger partial charge >= 0.3 is 0 Å². The lowest BCUT2D eigenvalue weighted by Crippen LogP contribution is -2.13. The first-order valence-corrected chi connectivity index (χ1v) is 9.24. The number of hydrogen-bond donors (Lipinski definition) is 1. The van der Waals surface area contributed by atoms with E-state index in [0.29, 0.717) is 35.1 Å². The van der Waals surface area contributed by atoms with Crippen LogP contribution >= 0.6 is 0 Å². The molecule has 2 rings (SSSR count). The smallest absolute Gasteiger partial charge is 0.221 e. The second-order valence-electron chi connectivity index (χ2n) is 6.36. The van der Waals surface area contributed by atoms with Crippen LogP contribution in [-0.2, 0) is 11.2 Å². The molecule has 0 atom stereocenters. The number of carbonyl (C=O) groups is 2. The SMILES string of the molecule is COc1cc(CCC(=O)c2c(NC(C)=O)ccc(OC)c2OC)cc(OC)c1OC. The number of nitrogens with one attached hydrogen (secondary N) is 1. The predicted octanol–water partition coefficient (Wildman–Crippen LogP) is 3.50. The number of anilines is 1. The number of carbonyl (C=O) groups excluding carboxylic acids is 2. The Bertz CT molecular complexity index is 899. The number of Topliss-reactive ketones (excluding diaryl/α,β-unsaturated/α-hetero) is 1. The average molecular weight is 417 g/mol. The van der Waals surface area contributed by atoms with E-state index in [0.717, 1.165) is 5.56 Å². The van der Waals surface area contributed by atoms with Crippen molar-refractivity contribution in [2.45, 2.75) is 19.8 Å². The largest absolute Gasteiger partial charge is 0.493 e. The second kappa shape index (κ2) is 10.4. The Hall–Kier alpha value is -3.42. The maximum Gasteiger partial charge on any atom is 0.221 e. The van der Waals surface area contributed by atoms with Crippen LogP contribution in [0, 0.1) is 0 Å². The zero-order chi connectivity index (χ0) is 22.3. The fraction of sp³-hybridized carbons (Fsp3) is 0.364. The minimum absolute atomic E-state index is 0.161. The summed E-state index contributed by atoms with van der Waals surface area (Å²) >= 11 is 0. The number of hydrogen-bond acceptors (Lipinski definition) is 7. The number of methoxy groups -OCH3 is 5. The van der Waals surface area contributed by atoms with Gasteiger partial charge in [0.15, 0.2) is 28.8 Å². The molecule has 0 spiro atoms. The summed E-state index contributed by atoms with van der Waals surface area (Å²) < 4.78 is 26.8. The van der Waals surface area contributed by atoms with Gasteiger partial charge < -0.3 is 29.0 Å².